The van der Waals surface area contributed by atoms with Crippen LogP contribution in [0.5, 0.6) is 0 Å². The van der Waals surface area contributed by atoms with Crippen molar-refractivity contribution in [3.63, 3.8) is 0 Å². The molecule has 182 valence electrons. The normalized spacial score (nSPS) is 13.8. The van der Waals surface area contributed by atoms with E-state index in [1.54, 1.807) is 6.55 Å². The second-order valence-corrected chi connectivity index (χ2v) is 24.4. The van der Waals surface area contributed by atoms with Gasteiger partial charge in [-0.1, -0.05) is 0 Å². The van der Waals surface area contributed by atoms with Gasteiger partial charge >= 0.3 is 205 Å². The Morgan fingerprint density at radius 2 is 1.22 bits per heavy atom. The van der Waals surface area contributed by atoms with Crippen LogP contribution in [0.25, 0.3) is 11.1 Å². The summed E-state index contributed by atoms with van der Waals surface area (Å²) in [6.45, 7) is 0. The molecule has 0 bridgehead atoms. The van der Waals surface area contributed by atoms with Gasteiger partial charge < -0.3 is 0 Å². The molecule has 0 aromatic heterocycles. The fraction of sp³-hybridized carbons (Fsp3) is 0.121. The van der Waals surface area contributed by atoms with Crippen LogP contribution in [0.4, 0.5) is 0 Å². The average Bonchev–Trinajstić information content (AvgIpc) is 3.54. The fourth-order valence-electron chi connectivity index (χ4n) is 6.53. The molecule has 4 aromatic rings. The van der Waals surface area contributed by atoms with E-state index in [1.165, 1.54) is 33.4 Å². The van der Waals surface area contributed by atoms with Gasteiger partial charge in [-0.2, -0.15) is 0 Å². The first-order valence-corrected chi connectivity index (χ1v) is 20.0. The van der Waals surface area contributed by atoms with E-state index in [-0.39, 0.29) is 34.0 Å². The Kier molecular flexibility index (Phi) is 8.15. The summed E-state index contributed by atoms with van der Waals surface area (Å²) in [6, 6.07) is 38.3. The van der Waals surface area contributed by atoms with Crippen molar-refractivity contribution < 1.29 is 18.3 Å². The summed E-state index contributed by atoms with van der Waals surface area (Å²) in [5, 5.41) is 0. The van der Waals surface area contributed by atoms with Crippen molar-refractivity contribution in [2.24, 2.45) is 0 Å². The molecule has 0 saturated heterocycles. The van der Waals surface area contributed by atoms with Gasteiger partial charge in [0.25, 0.3) is 0 Å². The van der Waals surface area contributed by atoms with E-state index < -0.39 is 18.3 Å². The van der Waals surface area contributed by atoms with Gasteiger partial charge in [0.2, 0.25) is 0 Å². The molecule has 0 fully saturated rings. The molecule has 0 atom stereocenters. The number of hydrogen-bond donors (Lipinski definition) is 0. The second-order valence-electron chi connectivity index (χ2n) is 10.3. The number of allylic oxidation sites excluding steroid dienone is 4. The van der Waals surface area contributed by atoms with Crippen LogP contribution in [0.1, 0.15) is 28.7 Å². The van der Waals surface area contributed by atoms with Gasteiger partial charge in [-0.25, -0.2) is 0 Å². The van der Waals surface area contributed by atoms with E-state index in [0.717, 1.165) is 21.1 Å². The maximum atomic E-state index is 5.49. The van der Waals surface area contributed by atoms with Gasteiger partial charge in [-0.05, 0) is 0 Å². The van der Waals surface area contributed by atoms with Crippen molar-refractivity contribution in [3.05, 3.63) is 147 Å². The van der Waals surface area contributed by atoms with Crippen molar-refractivity contribution in [3.8, 4) is 11.1 Å². The Morgan fingerprint density at radius 3 is 1.83 bits per heavy atom. The summed E-state index contributed by atoms with van der Waals surface area (Å²) < 4.78 is 10.8. The Labute approximate surface area is 236 Å². The second kappa shape index (κ2) is 10.8. The topological polar surface area (TPSA) is 0 Å². The van der Waals surface area contributed by atoms with Crippen LogP contribution in [0.3, 0.4) is 0 Å². The molecule has 36 heavy (non-hydrogen) atoms. The number of rotatable bonds is 6. The monoisotopic (exact) mass is 676 g/mol. The van der Waals surface area contributed by atoms with Crippen LogP contribution in [-0.2, 0) is 33.0 Å². The zero-order valence-corrected chi connectivity index (χ0v) is 26.3. The predicted octanol–water partition coefficient (Wildman–Crippen LogP) is 8.40. The van der Waals surface area contributed by atoms with Crippen LogP contribution >= 0.6 is 34.0 Å². The quantitative estimate of drug-likeness (QED) is 0.169. The molecule has 0 spiro atoms. The Balaban J connectivity index is 0.00000152. The van der Waals surface area contributed by atoms with Crippen LogP contribution in [0, 0.1) is 0 Å². The number of hydrogen-bond acceptors (Lipinski definition) is 0. The zero-order chi connectivity index (χ0) is 23.0. The molecule has 6 rings (SSSR count). The summed E-state index contributed by atoms with van der Waals surface area (Å²) in [7, 11) is 0. The zero-order valence-electron chi connectivity index (χ0n) is 20.4. The molecule has 2 aliphatic carbocycles. The molecule has 0 amide bonds. The minimum absolute atomic E-state index is 0. The fourth-order valence-corrected chi connectivity index (χ4v) is 22.5. The SMILES string of the molecule is Br.Br.[CH2]=[Zr]([CH2]c1ccccc1)([CH2]c1ccccc1)([C]1=CC=CC1)[c]1cccc2c1Cc1ccccc1-2. The Hall–Kier alpha value is -1.93. The standard InChI is InChI=1S/C13H9.2C7H7.C5H5.CH2.2BrH.Zr/c1-3-7-12-10(5-1)9-11-6-2-4-8-13(11)12;2*1-7-5-3-2-4-6-7;1-2-4-5-3-1;;;;/h1-5,7-8H,9H2;2*2-6H,1H2;1-3H,4H2;1H2;2*1H;. The van der Waals surface area contributed by atoms with E-state index in [2.05, 4.69) is 121 Å². The number of halogens is 2. The maximum absolute atomic E-state index is 5.49. The first kappa shape index (κ1) is 27.1. The van der Waals surface area contributed by atoms with Crippen molar-refractivity contribution in [2.75, 3.05) is 0 Å². The van der Waals surface area contributed by atoms with Gasteiger partial charge in [0.05, 0.1) is 0 Å². The Morgan fingerprint density at radius 1 is 0.639 bits per heavy atom. The molecule has 0 saturated carbocycles. The van der Waals surface area contributed by atoms with E-state index in [4.69, 9.17) is 4.21 Å². The summed E-state index contributed by atoms with van der Waals surface area (Å²) in [5.41, 5.74) is 8.64. The molecule has 2 aliphatic rings. The van der Waals surface area contributed by atoms with E-state index in [9.17, 15) is 0 Å². The van der Waals surface area contributed by atoms with Crippen molar-refractivity contribution in [2.45, 2.75) is 21.1 Å². The van der Waals surface area contributed by atoms with Crippen LogP contribution in [0.15, 0.2) is 125 Å². The molecule has 0 aliphatic heterocycles. The van der Waals surface area contributed by atoms with Crippen LogP contribution in [0.2, 0.25) is 0 Å². The van der Waals surface area contributed by atoms with E-state index >= 15 is 0 Å². The number of benzene rings is 4. The summed E-state index contributed by atoms with van der Waals surface area (Å²) in [5.74, 6) is 0. The third kappa shape index (κ3) is 4.60. The molecule has 0 nitrogen and oxygen atoms in total. The molecule has 3 heteroatoms. The first-order chi connectivity index (χ1) is 16.6. The molecule has 0 heterocycles. The van der Waals surface area contributed by atoms with Gasteiger partial charge in [-0.15, -0.1) is 34.0 Å². The van der Waals surface area contributed by atoms with Crippen molar-refractivity contribution >= 4 is 41.4 Å². The molecular formula is C33H32Br2Zr. The van der Waals surface area contributed by atoms with Crippen molar-refractivity contribution in [1.29, 1.82) is 0 Å². The van der Waals surface area contributed by atoms with Gasteiger partial charge in [-0.3, -0.25) is 0 Å². The molecular weight excluding hydrogens is 647 g/mol. The molecule has 0 unspecified atom stereocenters. The van der Waals surface area contributed by atoms with Crippen LogP contribution in [-0.4, -0.2) is 4.21 Å². The third-order valence-electron chi connectivity index (χ3n) is 8.12. The van der Waals surface area contributed by atoms with E-state index in [1.807, 2.05) is 0 Å². The van der Waals surface area contributed by atoms with Gasteiger partial charge in [0.15, 0.2) is 0 Å². The molecule has 0 N–H and O–H groups in total. The average molecular weight is 680 g/mol. The predicted molar refractivity (Wildman–Crippen MR) is 164 cm³/mol. The first-order valence-electron chi connectivity index (χ1n) is 12.3. The third-order valence-corrected chi connectivity index (χ3v) is 24.0. The van der Waals surface area contributed by atoms with Gasteiger partial charge in [0, 0.05) is 0 Å². The summed E-state index contributed by atoms with van der Waals surface area (Å²) in [4.78, 5) is 0. The van der Waals surface area contributed by atoms with Gasteiger partial charge in [0.1, 0.15) is 0 Å². The summed E-state index contributed by atoms with van der Waals surface area (Å²) >= 11 is -4.13. The van der Waals surface area contributed by atoms with Crippen LogP contribution < -0.4 is 3.27 Å². The van der Waals surface area contributed by atoms with E-state index in [0.29, 0.717) is 0 Å². The molecule has 0 radical (unpaired) electrons. The summed E-state index contributed by atoms with van der Waals surface area (Å²) in [6.07, 6.45) is 9.07. The Bertz CT molecular complexity index is 1450. The number of fused-ring (bicyclic) bond motifs is 3. The minimum atomic E-state index is -4.13. The molecule has 4 aromatic carbocycles. The van der Waals surface area contributed by atoms with Crippen molar-refractivity contribution in [1.82, 2.24) is 0 Å².